The molecule has 0 radical (unpaired) electrons. The third-order valence-electron chi connectivity index (χ3n) is 4.37. The molecular weight excluding hydrogens is 337 g/mol. The van der Waals surface area contributed by atoms with Gasteiger partial charge in [0, 0.05) is 23.9 Å². The molecule has 0 aliphatic carbocycles. The Bertz CT molecular complexity index is 835. The number of hydrogen-bond acceptors (Lipinski definition) is 5. The molecule has 2 aromatic rings. The maximum atomic E-state index is 14.4. The Balaban J connectivity index is 1.88. The lowest BCUT2D eigenvalue weighted by Gasteiger charge is -2.30. The van der Waals surface area contributed by atoms with Crippen LogP contribution < -0.4 is 5.73 Å². The largest absolute Gasteiger partial charge is 0.379 e. The van der Waals surface area contributed by atoms with E-state index in [1.54, 1.807) is 24.4 Å². The molecule has 0 saturated heterocycles. The third kappa shape index (κ3) is 3.90. The van der Waals surface area contributed by atoms with E-state index in [2.05, 4.69) is 9.98 Å². The van der Waals surface area contributed by atoms with Gasteiger partial charge in [0.2, 0.25) is 0 Å². The van der Waals surface area contributed by atoms with Crippen LogP contribution in [0.3, 0.4) is 0 Å². The molecule has 3 rings (SSSR count). The van der Waals surface area contributed by atoms with Gasteiger partial charge >= 0.3 is 0 Å². The molecule has 2 N–H and O–H groups in total. The van der Waals surface area contributed by atoms with E-state index in [0.29, 0.717) is 22.8 Å². The van der Waals surface area contributed by atoms with Crippen LogP contribution in [-0.4, -0.2) is 21.7 Å². The topological polar surface area (TPSA) is 68.3 Å². The first kappa shape index (κ1) is 17.6. The first-order chi connectivity index (χ1) is 11.9. The Morgan fingerprint density at radius 2 is 2.16 bits per heavy atom. The van der Waals surface area contributed by atoms with Gasteiger partial charge in [-0.25, -0.2) is 4.39 Å². The van der Waals surface area contributed by atoms with E-state index in [1.807, 2.05) is 19.9 Å². The second kappa shape index (κ2) is 6.96. The monoisotopic (exact) mass is 357 g/mol. The Kier molecular flexibility index (Phi) is 4.90. The van der Waals surface area contributed by atoms with Crippen LogP contribution in [0.25, 0.3) is 0 Å². The molecule has 1 aromatic heterocycles. The Labute approximate surface area is 150 Å². The highest BCUT2D eigenvalue weighted by Crippen LogP contribution is 2.36. The summed E-state index contributed by atoms with van der Waals surface area (Å²) in [5.41, 5.74) is 7.79. The van der Waals surface area contributed by atoms with Gasteiger partial charge < -0.3 is 5.73 Å². The van der Waals surface area contributed by atoms with Gasteiger partial charge in [0.15, 0.2) is 11.0 Å². The normalized spacial score (nSPS) is 20.2. The lowest BCUT2D eigenvalue weighted by atomic mass is 9.87. The lowest BCUT2D eigenvalue weighted by Crippen LogP contribution is -2.29. The molecule has 25 heavy (non-hydrogen) atoms. The van der Waals surface area contributed by atoms with E-state index in [-0.39, 0.29) is 18.0 Å². The number of rotatable bonds is 4. The molecule has 1 aromatic carbocycles. The second-order valence-corrected chi connectivity index (χ2v) is 7.57. The van der Waals surface area contributed by atoms with E-state index >= 15 is 0 Å². The van der Waals surface area contributed by atoms with Crippen molar-refractivity contribution in [3.63, 3.8) is 0 Å². The number of carbonyl (C=O) groups excluding carboxylic acids is 1. The van der Waals surface area contributed by atoms with E-state index in [1.165, 1.54) is 17.8 Å². The summed E-state index contributed by atoms with van der Waals surface area (Å²) < 4.78 is 14.4. The fourth-order valence-electron chi connectivity index (χ4n) is 2.88. The maximum Gasteiger partial charge on any atom is 0.185 e. The zero-order chi connectivity index (χ0) is 18.0. The molecule has 0 bridgehead atoms. The van der Waals surface area contributed by atoms with Gasteiger partial charge in [0.1, 0.15) is 11.5 Å². The molecule has 0 fully saturated rings. The Hall–Kier alpha value is -2.21. The van der Waals surface area contributed by atoms with Crippen molar-refractivity contribution in [3.8, 4) is 0 Å². The number of benzene rings is 1. The molecule has 0 spiro atoms. The second-order valence-electron chi connectivity index (χ2n) is 6.46. The van der Waals surface area contributed by atoms with Crippen molar-refractivity contribution in [2.45, 2.75) is 32.2 Å². The fourth-order valence-corrected chi connectivity index (χ4v) is 3.86. The van der Waals surface area contributed by atoms with Gasteiger partial charge in [-0.2, -0.15) is 0 Å². The smallest absolute Gasteiger partial charge is 0.185 e. The number of nitrogens with two attached hydrogens (primary N) is 1. The summed E-state index contributed by atoms with van der Waals surface area (Å²) in [5, 5.41) is 0.471. The summed E-state index contributed by atoms with van der Waals surface area (Å²) in [5.74, 6) is 0.377. The van der Waals surface area contributed by atoms with Gasteiger partial charge in [-0.15, -0.1) is 0 Å². The minimum Gasteiger partial charge on any atom is -0.379 e. The minimum absolute atomic E-state index is 0.0927. The molecule has 1 atom stereocenters. The molecule has 6 heteroatoms. The number of halogens is 1. The number of carbonyl (C=O) groups is 1. The summed E-state index contributed by atoms with van der Waals surface area (Å²) in [4.78, 5) is 21.0. The summed E-state index contributed by atoms with van der Waals surface area (Å²) in [6, 6.07) is 8.34. The number of pyridine rings is 1. The molecule has 130 valence electrons. The van der Waals surface area contributed by atoms with Crippen molar-refractivity contribution in [2.24, 2.45) is 10.7 Å². The van der Waals surface area contributed by atoms with E-state index in [4.69, 9.17) is 5.73 Å². The number of thioether (sulfide) groups is 1. The molecule has 0 amide bonds. The molecule has 1 aliphatic rings. The number of aliphatic imine (C=N–C) groups is 1. The number of amidine groups is 1. The third-order valence-corrected chi connectivity index (χ3v) is 5.16. The molecule has 4 nitrogen and oxygen atoms in total. The van der Waals surface area contributed by atoms with Crippen molar-refractivity contribution in [2.75, 3.05) is 5.75 Å². The summed E-state index contributed by atoms with van der Waals surface area (Å²) in [6.07, 6.45) is 2.54. The number of nitrogens with zero attached hydrogens (tertiary/aromatic N) is 2. The standard InChI is InChI=1S/C19H20FN3OS/c1-12-3-6-16(22-11-12)17(24)10-13-4-5-15(20)14(9-13)19(2)7-8-25-18(21)23-19/h3-6,9,11H,7-8,10H2,1-2H3,(H2,21,23)/t19-/m0/s1. The molecule has 0 unspecified atom stereocenters. The average molecular weight is 357 g/mol. The fraction of sp³-hybridized carbons (Fsp3) is 0.316. The van der Waals surface area contributed by atoms with Crippen LogP contribution in [0.2, 0.25) is 0 Å². The quantitative estimate of drug-likeness (QED) is 0.849. The average Bonchev–Trinajstić information content (AvgIpc) is 2.57. The van der Waals surface area contributed by atoms with Gasteiger partial charge in [-0.3, -0.25) is 14.8 Å². The zero-order valence-corrected chi connectivity index (χ0v) is 15.1. The van der Waals surface area contributed by atoms with Crippen LogP contribution in [0.4, 0.5) is 4.39 Å². The lowest BCUT2D eigenvalue weighted by molar-refractivity contribution is 0.0988. The van der Waals surface area contributed by atoms with Crippen molar-refractivity contribution in [1.82, 2.24) is 4.98 Å². The predicted molar refractivity (Wildman–Crippen MR) is 99.5 cm³/mol. The highest BCUT2D eigenvalue weighted by molar-refractivity contribution is 8.13. The molecule has 1 aliphatic heterocycles. The highest BCUT2D eigenvalue weighted by Gasteiger charge is 2.32. The molecular formula is C19H20FN3OS. The van der Waals surface area contributed by atoms with Crippen LogP contribution >= 0.6 is 11.8 Å². The van der Waals surface area contributed by atoms with Crippen molar-refractivity contribution >= 4 is 22.7 Å². The van der Waals surface area contributed by atoms with Crippen molar-refractivity contribution in [3.05, 3.63) is 64.7 Å². The SMILES string of the molecule is Cc1ccc(C(=O)Cc2ccc(F)c([C@]3(C)CCSC(N)=N3)c2)nc1. The van der Waals surface area contributed by atoms with Crippen LogP contribution in [-0.2, 0) is 12.0 Å². The zero-order valence-electron chi connectivity index (χ0n) is 14.3. The molecule has 2 heterocycles. The Morgan fingerprint density at radius 3 is 2.84 bits per heavy atom. The number of aryl methyl sites for hydroxylation is 1. The Morgan fingerprint density at radius 1 is 1.36 bits per heavy atom. The van der Waals surface area contributed by atoms with E-state index in [0.717, 1.165) is 16.9 Å². The van der Waals surface area contributed by atoms with Crippen molar-refractivity contribution in [1.29, 1.82) is 0 Å². The summed E-state index contributed by atoms with van der Waals surface area (Å²) >= 11 is 1.48. The maximum absolute atomic E-state index is 14.4. The van der Waals surface area contributed by atoms with Crippen LogP contribution in [0, 0.1) is 12.7 Å². The number of Topliss-reactive ketones (excluding diaryl/α,β-unsaturated/α-hetero) is 1. The van der Waals surface area contributed by atoms with Gasteiger partial charge in [0.25, 0.3) is 0 Å². The van der Waals surface area contributed by atoms with Gasteiger partial charge in [0.05, 0.1) is 5.54 Å². The van der Waals surface area contributed by atoms with Gasteiger partial charge in [-0.1, -0.05) is 23.9 Å². The molecule has 0 saturated carbocycles. The first-order valence-electron chi connectivity index (χ1n) is 8.10. The summed E-state index contributed by atoms with van der Waals surface area (Å²) in [7, 11) is 0. The van der Waals surface area contributed by atoms with E-state index < -0.39 is 5.54 Å². The first-order valence-corrected chi connectivity index (χ1v) is 9.09. The minimum atomic E-state index is -0.694. The number of ketones is 1. The predicted octanol–water partition coefficient (Wildman–Crippen LogP) is 3.62. The highest BCUT2D eigenvalue weighted by atomic mass is 32.2. The number of aromatic nitrogens is 1. The van der Waals surface area contributed by atoms with Crippen LogP contribution in [0.5, 0.6) is 0 Å². The van der Waals surface area contributed by atoms with E-state index in [9.17, 15) is 9.18 Å². The van der Waals surface area contributed by atoms with Crippen LogP contribution in [0.15, 0.2) is 41.5 Å². The van der Waals surface area contributed by atoms with Crippen LogP contribution in [0.1, 0.15) is 40.5 Å². The number of hydrogen-bond donors (Lipinski definition) is 1. The van der Waals surface area contributed by atoms with Crippen molar-refractivity contribution < 1.29 is 9.18 Å². The summed E-state index contributed by atoms with van der Waals surface area (Å²) in [6.45, 7) is 3.80. The van der Waals surface area contributed by atoms with Gasteiger partial charge in [-0.05, 0) is 49.6 Å².